The van der Waals surface area contributed by atoms with Gasteiger partial charge < -0.3 is 14.8 Å². The number of esters is 1. The van der Waals surface area contributed by atoms with Crippen LogP contribution >= 0.6 is 0 Å². The molecule has 0 saturated heterocycles. The topological polar surface area (TPSA) is 66.8 Å². The second-order valence-electron chi connectivity index (χ2n) is 3.10. The molecular formula is C10H13BO4. The van der Waals surface area contributed by atoms with Gasteiger partial charge in [0.2, 0.25) is 0 Å². The smallest absolute Gasteiger partial charge is 0.466 e. The average Bonchev–Trinajstić information content (AvgIpc) is 2.18. The van der Waals surface area contributed by atoms with Crippen LogP contribution in [0.1, 0.15) is 12.5 Å². The highest BCUT2D eigenvalue weighted by molar-refractivity contribution is 6.58. The van der Waals surface area contributed by atoms with Crippen molar-refractivity contribution in [3.63, 3.8) is 0 Å². The number of carbonyl (C=O) groups is 1. The van der Waals surface area contributed by atoms with E-state index in [4.69, 9.17) is 14.8 Å². The summed E-state index contributed by atoms with van der Waals surface area (Å²) in [6.45, 7) is 2.12. The third kappa shape index (κ3) is 3.73. The predicted octanol–water partition coefficient (Wildman–Crippen LogP) is -0.528. The molecule has 15 heavy (non-hydrogen) atoms. The fourth-order valence-electron chi connectivity index (χ4n) is 1.19. The zero-order valence-electron chi connectivity index (χ0n) is 8.51. The maximum atomic E-state index is 11.1. The van der Waals surface area contributed by atoms with Crippen molar-refractivity contribution in [2.45, 2.75) is 13.3 Å². The SMILES string of the molecule is CCOC(=O)Cc1ccc(B(O)O)cc1. The molecule has 1 aromatic carbocycles. The number of ether oxygens (including phenoxy) is 1. The average molecular weight is 208 g/mol. The molecule has 4 nitrogen and oxygen atoms in total. The minimum atomic E-state index is -1.47. The molecule has 0 saturated carbocycles. The first-order valence-corrected chi connectivity index (χ1v) is 4.74. The number of hydrogen-bond donors (Lipinski definition) is 2. The van der Waals surface area contributed by atoms with Crippen LogP contribution in [0.3, 0.4) is 0 Å². The Kier molecular flexibility index (Phi) is 4.33. The van der Waals surface area contributed by atoms with E-state index in [1.54, 1.807) is 31.2 Å². The van der Waals surface area contributed by atoms with Crippen LogP contribution in [-0.2, 0) is 16.0 Å². The number of rotatable bonds is 4. The Morgan fingerprint density at radius 1 is 1.33 bits per heavy atom. The molecule has 0 spiro atoms. The molecule has 0 unspecified atom stereocenters. The summed E-state index contributed by atoms with van der Waals surface area (Å²) in [6.07, 6.45) is 0.204. The van der Waals surface area contributed by atoms with Gasteiger partial charge in [-0.25, -0.2) is 0 Å². The quantitative estimate of drug-likeness (QED) is 0.515. The summed E-state index contributed by atoms with van der Waals surface area (Å²) >= 11 is 0. The van der Waals surface area contributed by atoms with Crippen molar-refractivity contribution in [2.75, 3.05) is 6.61 Å². The molecule has 0 atom stereocenters. The van der Waals surface area contributed by atoms with Crippen molar-refractivity contribution >= 4 is 18.6 Å². The van der Waals surface area contributed by atoms with E-state index in [0.717, 1.165) is 5.56 Å². The van der Waals surface area contributed by atoms with E-state index in [1.165, 1.54) is 0 Å². The maximum absolute atomic E-state index is 11.1. The van der Waals surface area contributed by atoms with Crippen molar-refractivity contribution < 1.29 is 19.6 Å². The highest BCUT2D eigenvalue weighted by Gasteiger charge is 2.10. The molecule has 80 valence electrons. The summed E-state index contributed by atoms with van der Waals surface area (Å²) in [5.41, 5.74) is 1.19. The first-order chi connectivity index (χ1) is 7.13. The minimum absolute atomic E-state index is 0.204. The Balaban J connectivity index is 2.60. The van der Waals surface area contributed by atoms with Crippen molar-refractivity contribution in [2.24, 2.45) is 0 Å². The Morgan fingerprint density at radius 3 is 2.40 bits per heavy atom. The van der Waals surface area contributed by atoms with Crippen LogP contribution in [0.2, 0.25) is 0 Å². The van der Waals surface area contributed by atoms with Gasteiger partial charge in [-0.2, -0.15) is 0 Å². The van der Waals surface area contributed by atoms with E-state index in [2.05, 4.69) is 0 Å². The summed E-state index contributed by atoms with van der Waals surface area (Å²) < 4.78 is 4.79. The fraction of sp³-hybridized carbons (Fsp3) is 0.300. The summed E-state index contributed by atoms with van der Waals surface area (Å²) in [5, 5.41) is 17.7. The molecule has 0 bridgehead atoms. The Hall–Kier alpha value is -1.33. The van der Waals surface area contributed by atoms with Gasteiger partial charge in [-0.3, -0.25) is 4.79 Å². The maximum Gasteiger partial charge on any atom is 0.488 e. The van der Waals surface area contributed by atoms with Gasteiger partial charge in [0, 0.05) is 0 Å². The second-order valence-corrected chi connectivity index (χ2v) is 3.10. The van der Waals surface area contributed by atoms with Crippen LogP contribution in [0, 0.1) is 0 Å². The molecule has 1 aromatic rings. The van der Waals surface area contributed by atoms with Gasteiger partial charge in [0.05, 0.1) is 13.0 Å². The van der Waals surface area contributed by atoms with Gasteiger partial charge in [0.25, 0.3) is 0 Å². The number of carbonyl (C=O) groups excluding carboxylic acids is 1. The second kappa shape index (κ2) is 5.53. The lowest BCUT2D eigenvalue weighted by Gasteiger charge is -2.03. The van der Waals surface area contributed by atoms with Crippen molar-refractivity contribution in [3.8, 4) is 0 Å². The van der Waals surface area contributed by atoms with Crippen LogP contribution in [0.5, 0.6) is 0 Å². The van der Waals surface area contributed by atoms with Crippen LogP contribution in [0.4, 0.5) is 0 Å². The van der Waals surface area contributed by atoms with Gasteiger partial charge in [-0.05, 0) is 17.9 Å². The highest BCUT2D eigenvalue weighted by Crippen LogP contribution is 2.00. The summed E-state index contributed by atoms with van der Waals surface area (Å²) in [5.74, 6) is -0.283. The van der Waals surface area contributed by atoms with Crippen LogP contribution in [0.25, 0.3) is 0 Å². The lowest BCUT2D eigenvalue weighted by molar-refractivity contribution is -0.142. The van der Waals surface area contributed by atoms with Crippen LogP contribution in [-0.4, -0.2) is 29.7 Å². The summed E-state index contributed by atoms with van der Waals surface area (Å²) in [6, 6.07) is 6.48. The number of benzene rings is 1. The van der Waals surface area contributed by atoms with E-state index in [-0.39, 0.29) is 12.4 Å². The summed E-state index contributed by atoms with van der Waals surface area (Å²) in [7, 11) is -1.47. The monoisotopic (exact) mass is 208 g/mol. The molecule has 5 heteroatoms. The van der Waals surface area contributed by atoms with Crippen LogP contribution < -0.4 is 5.46 Å². The lowest BCUT2D eigenvalue weighted by atomic mass is 9.80. The van der Waals surface area contributed by atoms with Gasteiger partial charge >= 0.3 is 13.1 Å². The number of hydrogen-bond acceptors (Lipinski definition) is 4. The molecule has 0 fully saturated rings. The third-order valence-electron chi connectivity index (χ3n) is 1.93. The lowest BCUT2D eigenvalue weighted by Crippen LogP contribution is -2.29. The zero-order chi connectivity index (χ0) is 11.3. The van der Waals surface area contributed by atoms with E-state index >= 15 is 0 Å². The van der Waals surface area contributed by atoms with Crippen molar-refractivity contribution in [3.05, 3.63) is 29.8 Å². The summed E-state index contributed by atoms with van der Waals surface area (Å²) in [4.78, 5) is 11.1. The van der Waals surface area contributed by atoms with E-state index in [0.29, 0.717) is 12.1 Å². The Bertz CT molecular complexity index is 321. The fourth-order valence-corrected chi connectivity index (χ4v) is 1.19. The normalized spacial score (nSPS) is 9.80. The Morgan fingerprint density at radius 2 is 1.93 bits per heavy atom. The van der Waals surface area contributed by atoms with Crippen molar-refractivity contribution in [1.82, 2.24) is 0 Å². The van der Waals surface area contributed by atoms with E-state index < -0.39 is 7.12 Å². The first kappa shape index (κ1) is 11.7. The first-order valence-electron chi connectivity index (χ1n) is 4.74. The van der Waals surface area contributed by atoms with Gasteiger partial charge in [-0.15, -0.1) is 0 Å². The standard InChI is InChI=1S/C10H13BO4/c1-2-15-10(12)7-8-3-5-9(6-4-8)11(13)14/h3-6,13-14H,2,7H2,1H3. The van der Waals surface area contributed by atoms with Gasteiger partial charge in [-0.1, -0.05) is 24.3 Å². The Labute approximate surface area is 88.6 Å². The molecule has 0 heterocycles. The van der Waals surface area contributed by atoms with Gasteiger partial charge in [0.15, 0.2) is 0 Å². The molecule has 0 aliphatic carbocycles. The third-order valence-corrected chi connectivity index (χ3v) is 1.93. The van der Waals surface area contributed by atoms with E-state index in [1.807, 2.05) is 0 Å². The molecule has 1 rings (SSSR count). The van der Waals surface area contributed by atoms with Crippen LogP contribution in [0.15, 0.2) is 24.3 Å². The molecule has 2 N–H and O–H groups in total. The van der Waals surface area contributed by atoms with E-state index in [9.17, 15) is 4.79 Å². The zero-order valence-corrected chi connectivity index (χ0v) is 8.51. The minimum Gasteiger partial charge on any atom is -0.466 e. The largest absolute Gasteiger partial charge is 0.488 e. The molecule has 0 aliphatic heterocycles. The molecule has 0 aromatic heterocycles. The molecule has 0 amide bonds. The highest BCUT2D eigenvalue weighted by atomic mass is 16.5. The van der Waals surface area contributed by atoms with Gasteiger partial charge in [0.1, 0.15) is 0 Å². The van der Waals surface area contributed by atoms with Crippen molar-refractivity contribution in [1.29, 1.82) is 0 Å². The molecule has 0 radical (unpaired) electrons. The molecule has 0 aliphatic rings. The predicted molar refractivity (Wildman–Crippen MR) is 56.6 cm³/mol. The molecular weight excluding hydrogens is 195 g/mol.